The highest BCUT2D eigenvalue weighted by atomic mass is 32.1. The number of carbonyl (C=O) groups is 2. The van der Waals surface area contributed by atoms with E-state index in [-0.39, 0.29) is 24.4 Å². The second-order valence-corrected chi connectivity index (χ2v) is 6.81. The lowest BCUT2D eigenvalue weighted by Gasteiger charge is -2.23. The van der Waals surface area contributed by atoms with Crippen molar-refractivity contribution in [2.75, 3.05) is 13.6 Å². The van der Waals surface area contributed by atoms with E-state index in [9.17, 15) is 9.59 Å². The fraction of sp³-hybridized carbons (Fsp3) is 0.211. The number of hydrogen-bond donors (Lipinski definition) is 1. The van der Waals surface area contributed by atoms with Crippen molar-refractivity contribution in [1.29, 1.82) is 0 Å². The van der Waals surface area contributed by atoms with Crippen LogP contribution in [0.1, 0.15) is 28.3 Å². The van der Waals surface area contributed by atoms with Gasteiger partial charge in [0, 0.05) is 12.6 Å². The van der Waals surface area contributed by atoms with Crippen molar-refractivity contribution in [3.63, 3.8) is 0 Å². The van der Waals surface area contributed by atoms with Crippen LogP contribution in [0.4, 0.5) is 0 Å². The molecule has 128 valence electrons. The Morgan fingerprint density at radius 1 is 1.12 bits per heavy atom. The van der Waals surface area contributed by atoms with Crippen LogP contribution in [-0.2, 0) is 4.79 Å². The summed E-state index contributed by atoms with van der Waals surface area (Å²) in [7, 11) is 1.73. The normalized spacial score (nSPS) is 11.9. The number of likely N-dealkylation sites (N-methyl/N-ethyl adjacent to an activating group) is 1. The SMILES string of the molecule is C[C@H](c1nc2ccccc2s1)N(C)C(=O)CNC(=O)c1ccccc1. The Bertz CT molecular complexity index is 859. The van der Waals surface area contributed by atoms with Crippen LogP contribution in [0.3, 0.4) is 0 Å². The maximum atomic E-state index is 12.4. The van der Waals surface area contributed by atoms with Gasteiger partial charge in [-0.2, -0.15) is 0 Å². The molecule has 3 rings (SSSR count). The molecule has 0 aliphatic carbocycles. The van der Waals surface area contributed by atoms with Crippen molar-refractivity contribution in [3.8, 4) is 0 Å². The predicted octanol–water partition coefficient (Wildman–Crippen LogP) is 3.25. The Morgan fingerprint density at radius 2 is 1.80 bits per heavy atom. The molecule has 1 N–H and O–H groups in total. The molecule has 1 heterocycles. The van der Waals surface area contributed by atoms with Crippen LogP contribution in [0.2, 0.25) is 0 Å². The number of fused-ring (bicyclic) bond motifs is 1. The molecule has 1 aromatic heterocycles. The minimum absolute atomic E-state index is 0.0422. The molecule has 6 heteroatoms. The zero-order valence-corrected chi connectivity index (χ0v) is 14.9. The molecule has 0 fully saturated rings. The van der Waals surface area contributed by atoms with Gasteiger partial charge in [-0.15, -0.1) is 11.3 Å². The van der Waals surface area contributed by atoms with Gasteiger partial charge in [0.25, 0.3) is 5.91 Å². The third-order valence-corrected chi connectivity index (χ3v) is 5.28. The van der Waals surface area contributed by atoms with Gasteiger partial charge in [-0.3, -0.25) is 9.59 Å². The van der Waals surface area contributed by atoms with E-state index in [1.165, 1.54) is 0 Å². The van der Waals surface area contributed by atoms with Gasteiger partial charge < -0.3 is 10.2 Å². The Balaban J connectivity index is 1.62. The first kappa shape index (κ1) is 17.1. The van der Waals surface area contributed by atoms with E-state index in [4.69, 9.17) is 0 Å². The van der Waals surface area contributed by atoms with Crippen molar-refractivity contribution in [1.82, 2.24) is 15.2 Å². The molecule has 5 nitrogen and oxygen atoms in total. The summed E-state index contributed by atoms with van der Waals surface area (Å²) in [5, 5.41) is 3.55. The smallest absolute Gasteiger partial charge is 0.251 e. The van der Waals surface area contributed by atoms with Crippen LogP contribution in [-0.4, -0.2) is 35.3 Å². The van der Waals surface area contributed by atoms with Crippen molar-refractivity contribution in [2.24, 2.45) is 0 Å². The molecule has 3 aromatic rings. The second kappa shape index (κ2) is 7.44. The number of rotatable bonds is 5. The number of aromatic nitrogens is 1. The fourth-order valence-electron chi connectivity index (χ4n) is 2.42. The number of nitrogens with one attached hydrogen (secondary N) is 1. The van der Waals surface area contributed by atoms with Crippen LogP contribution in [0.15, 0.2) is 54.6 Å². The zero-order valence-electron chi connectivity index (χ0n) is 14.1. The van der Waals surface area contributed by atoms with Gasteiger partial charge in [-0.1, -0.05) is 30.3 Å². The molecule has 2 aromatic carbocycles. The van der Waals surface area contributed by atoms with Crippen LogP contribution in [0.5, 0.6) is 0 Å². The van der Waals surface area contributed by atoms with E-state index in [0.29, 0.717) is 5.56 Å². The van der Waals surface area contributed by atoms with Crippen molar-refractivity contribution in [2.45, 2.75) is 13.0 Å². The zero-order chi connectivity index (χ0) is 17.8. The third-order valence-electron chi connectivity index (χ3n) is 4.08. The molecule has 0 aliphatic heterocycles. The van der Waals surface area contributed by atoms with E-state index >= 15 is 0 Å². The van der Waals surface area contributed by atoms with Crippen molar-refractivity contribution < 1.29 is 9.59 Å². The van der Waals surface area contributed by atoms with Crippen LogP contribution in [0.25, 0.3) is 10.2 Å². The quantitative estimate of drug-likeness (QED) is 0.766. The van der Waals surface area contributed by atoms with Crippen LogP contribution in [0, 0.1) is 0 Å². The number of carbonyl (C=O) groups excluding carboxylic acids is 2. The monoisotopic (exact) mass is 353 g/mol. The van der Waals surface area contributed by atoms with Crippen molar-refractivity contribution >= 4 is 33.4 Å². The second-order valence-electron chi connectivity index (χ2n) is 5.75. The van der Waals surface area contributed by atoms with E-state index in [0.717, 1.165) is 15.2 Å². The molecule has 0 bridgehead atoms. The van der Waals surface area contributed by atoms with Gasteiger partial charge >= 0.3 is 0 Å². The summed E-state index contributed by atoms with van der Waals surface area (Å²) in [6.07, 6.45) is 0. The highest BCUT2D eigenvalue weighted by molar-refractivity contribution is 7.18. The first-order chi connectivity index (χ1) is 12.1. The third kappa shape index (κ3) is 3.85. The summed E-state index contributed by atoms with van der Waals surface area (Å²) in [6, 6.07) is 16.6. The maximum absolute atomic E-state index is 12.4. The molecule has 25 heavy (non-hydrogen) atoms. The first-order valence-electron chi connectivity index (χ1n) is 8.00. The van der Waals surface area contributed by atoms with Gasteiger partial charge in [0.2, 0.25) is 5.91 Å². The molecule has 0 saturated heterocycles. The van der Waals surface area contributed by atoms with Gasteiger partial charge in [0.1, 0.15) is 5.01 Å². The van der Waals surface area contributed by atoms with Crippen LogP contribution < -0.4 is 5.32 Å². The molecule has 0 spiro atoms. The standard InChI is InChI=1S/C19H19N3O2S/c1-13(19-21-15-10-6-7-11-16(15)25-19)22(2)17(23)12-20-18(24)14-8-4-3-5-9-14/h3-11,13H,12H2,1-2H3,(H,20,24)/t13-/m1/s1. The van der Waals surface area contributed by atoms with Gasteiger partial charge in [-0.05, 0) is 31.2 Å². The minimum atomic E-state index is -0.255. The number of thiazole rings is 1. The summed E-state index contributed by atoms with van der Waals surface area (Å²) in [4.78, 5) is 30.6. The van der Waals surface area contributed by atoms with Gasteiger partial charge in [0.05, 0.1) is 22.8 Å². The van der Waals surface area contributed by atoms with E-state index < -0.39 is 0 Å². The Labute approximate surface area is 150 Å². The van der Waals surface area contributed by atoms with Crippen molar-refractivity contribution in [3.05, 3.63) is 65.2 Å². The largest absolute Gasteiger partial charge is 0.343 e. The number of amides is 2. The Hall–Kier alpha value is -2.73. The minimum Gasteiger partial charge on any atom is -0.343 e. The Kier molecular flexibility index (Phi) is 5.09. The lowest BCUT2D eigenvalue weighted by atomic mass is 10.2. The summed E-state index contributed by atoms with van der Waals surface area (Å²) in [5.41, 5.74) is 1.48. The van der Waals surface area contributed by atoms with E-state index in [2.05, 4.69) is 10.3 Å². The maximum Gasteiger partial charge on any atom is 0.251 e. The molecule has 1 atom stereocenters. The van der Waals surface area contributed by atoms with E-state index in [1.54, 1.807) is 47.5 Å². The highest BCUT2D eigenvalue weighted by Gasteiger charge is 2.21. The number of nitrogens with zero attached hydrogens (tertiary/aromatic N) is 2. The molecular weight excluding hydrogens is 334 g/mol. The average Bonchev–Trinajstić information content (AvgIpc) is 3.09. The van der Waals surface area contributed by atoms with Crippen LogP contribution >= 0.6 is 11.3 Å². The number of para-hydroxylation sites is 1. The lowest BCUT2D eigenvalue weighted by Crippen LogP contribution is -2.39. The predicted molar refractivity (Wildman–Crippen MR) is 99.6 cm³/mol. The summed E-state index contributed by atoms with van der Waals surface area (Å²) < 4.78 is 1.10. The molecular formula is C19H19N3O2S. The van der Waals surface area contributed by atoms with Gasteiger partial charge in [-0.25, -0.2) is 4.98 Å². The van der Waals surface area contributed by atoms with E-state index in [1.807, 2.05) is 37.3 Å². The Morgan fingerprint density at radius 3 is 2.52 bits per heavy atom. The molecule has 0 unspecified atom stereocenters. The molecule has 2 amide bonds. The number of benzene rings is 2. The lowest BCUT2D eigenvalue weighted by molar-refractivity contribution is -0.130. The van der Waals surface area contributed by atoms with Gasteiger partial charge in [0.15, 0.2) is 0 Å². The number of hydrogen-bond acceptors (Lipinski definition) is 4. The fourth-order valence-corrected chi connectivity index (χ4v) is 3.49. The summed E-state index contributed by atoms with van der Waals surface area (Å²) in [6.45, 7) is 1.90. The molecule has 0 radical (unpaired) electrons. The summed E-state index contributed by atoms with van der Waals surface area (Å²) >= 11 is 1.58. The topological polar surface area (TPSA) is 62.3 Å². The molecule has 0 aliphatic rings. The first-order valence-corrected chi connectivity index (χ1v) is 8.82. The average molecular weight is 353 g/mol. The molecule has 0 saturated carbocycles. The summed E-state index contributed by atoms with van der Waals surface area (Å²) in [5.74, 6) is -0.411. The highest BCUT2D eigenvalue weighted by Crippen LogP contribution is 2.28.